The van der Waals surface area contributed by atoms with Crippen LogP contribution in [0.25, 0.3) is 0 Å². The van der Waals surface area contributed by atoms with Crippen molar-refractivity contribution < 1.29 is 135 Å². The summed E-state index contributed by atoms with van der Waals surface area (Å²) in [5.74, 6) is -9.65. The normalized spacial score (nSPS) is 26.7. The maximum absolute atomic E-state index is 11.9. The number of Topliss-reactive ketones (excluding diaryl/α,β-unsaturated/α-hetero) is 1. The molecular weight excluding hydrogens is 1010 g/mol. The molecule has 4 rings (SSSR count). The summed E-state index contributed by atoms with van der Waals surface area (Å²) >= 11 is 0. The molecule has 4 amide bonds. The second-order valence-electron chi connectivity index (χ2n) is 15.7. The minimum atomic E-state index is -1.78. The molecule has 32 nitrogen and oxygen atoms in total. The van der Waals surface area contributed by atoms with Gasteiger partial charge in [-0.1, -0.05) is 0 Å². The Hall–Kier alpha value is -7.42. The summed E-state index contributed by atoms with van der Waals surface area (Å²) in [5, 5.41) is 53.5. The fraction of sp³-hybridized carbons (Fsp3) is 0.667. The van der Waals surface area contributed by atoms with Crippen molar-refractivity contribution in [1.82, 2.24) is 21.3 Å². The lowest BCUT2D eigenvalue weighted by molar-refractivity contribution is -0.182. The molecule has 74 heavy (non-hydrogen) atoms. The van der Waals surface area contributed by atoms with E-state index in [1.807, 2.05) is 0 Å². The van der Waals surface area contributed by atoms with E-state index in [0.29, 0.717) is 0 Å². The molecule has 0 saturated carbocycles. The number of aliphatic hydroxyl groups is 5. The number of ether oxygens (including phenoxy) is 9. The van der Waals surface area contributed by atoms with Crippen LogP contribution in [-0.4, -0.2) is 221 Å². The van der Waals surface area contributed by atoms with Gasteiger partial charge in [0.2, 0.25) is 30.2 Å². The highest BCUT2D eigenvalue weighted by Gasteiger charge is 2.48. The van der Waals surface area contributed by atoms with Crippen molar-refractivity contribution in [3.8, 4) is 0 Å². The number of aliphatic hydroxyl groups excluding tert-OH is 5. The van der Waals surface area contributed by atoms with Crippen LogP contribution >= 0.6 is 0 Å². The number of carbonyl (C=O) groups excluding carboxylic acids is 14. The molecule has 32 heteroatoms. The van der Waals surface area contributed by atoms with Gasteiger partial charge in [-0.05, 0) is 13.8 Å². The average molecular weight is 1070 g/mol. The van der Waals surface area contributed by atoms with Gasteiger partial charge in [0.15, 0.2) is 31.0 Å². The lowest BCUT2D eigenvalue weighted by Gasteiger charge is -2.23. The van der Waals surface area contributed by atoms with Crippen LogP contribution in [0.5, 0.6) is 0 Å². The van der Waals surface area contributed by atoms with E-state index in [4.69, 9.17) is 49.2 Å². The first-order valence-electron chi connectivity index (χ1n) is 21.7. The van der Waals surface area contributed by atoms with Crippen molar-refractivity contribution in [3.63, 3.8) is 0 Å². The van der Waals surface area contributed by atoms with E-state index >= 15 is 0 Å². The molecule has 0 aromatic carbocycles. The van der Waals surface area contributed by atoms with Crippen LogP contribution in [-0.2, 0) is 110 Å². The largest absolute Gasteiger partial charge is 0.466 e. The van der Waals surface area contributed by atoms with Crippen molar-refractivity contribution in [2.75, 3.05) is 26.9 Å². The van der Waals surface area contributed by atoms with Gasteiger partial charge < -0.3 is 89.4 Å². The number of ketones is 1. The Morgan fingerprint density at radius 2 is 0.892 bits per heavy atom. The Morgan fingerprint density at radius 1 is 0.486 bits per heavy atom. The van der Waals surface area contributed by atoms with Gasteiger partial charge in [-0.15, -0.1) is 0 Å². The molecule has 0 spiro atoms. The van der Waals surface area contributed by atoms with Gasteiger partial charge in [0.05, 0.1) is 31.8 Å². The Kier molecular flexibility index (Phi) is 28.7. The van der Waals surface area contributed by atoms with E-state index in [1.54, 1.807) is 13.8 Å². The molecule has 0 radical (unpaired) electrons. The van der Waals surface area contributed by atoms with Gasteiger partial charge >= 0.3 is 53.7 Å². The summed E-state index contributed by atoms with van der Waals surface area (Å²) in [5.41, 5.74) is 0. The number of hydrogen-bond donors (Lipinski definition) is 9. The van der Waals surface area contributed by atoms with Gasteiger partial charge in [-0.3, -0.25) is 62.3 Å². The number of amides is 4. The minimum absolute atomic E-state index is 0.170. The lowest BCUT2D eigenvalue weighted by Crippen LogP contribution is -2.47. The highest BCUT2D eigenvalue weighted by atomic mass is 16.6. The van der Waals surface area contributed by atoms with Crippen molar-refractivity contribution in [1.29, 1.82) is 0 Å². The van der Waals surface area contributed by atoms with Crippen LogP contribution in [0.3, 0.4) is 0 Å². The predicted molar refractivity (Wildman–Crippen MR) is 234 cm³/mol. The zero-order chi connectivity index (χ0) is 57.5. The lowest BCUT2D eigenvalue weighted by atomic mass is 10.1. The first-order valence-corrected chi connectivity index (χ1v) is 21.7. The van der Waals surface area contributed by atoms with Crippen LogP contribution in [0.15, 0.2) is 0 Å². The van der Waals surface area contributed by atoms with Gasteiger partial charge in [0, 0.05) is 55.4 Å². The number of carbonyl (C=O) groups is 14. The van der Waals surface area contributed by atoms with Crippen molar-refractivity contribution in [2.24, 2.45) is 0 Å². The number of hydrogen-bond acceptors (Lipinski definition) is 28. The molecule has 8 unspecified atom stereocenters. The summed E-state index contributed by atoms with van der Waals surface area (Å²) < 4.78 is 42.4. The summed E-state index contributed by atoms with van der Waals surface area (Å²) in [4.78, 5) is 154. The summed E-state index contributed by atoms with van der Waals surface area (Å²) in [6.45, 7) is 11.0. The average Bonchev–Trinajstić information content (AvgIpc) is 3.90. The third-order valence-electron chi connectivity index (χ3n) is 9.39. The molecule has 4 aliphatic rings. The Bertz CT molecular complexity index is 2060. The van der Waals surface area contributed by atoms with E-state index in [-0.39, 0.29) is 25.3 Å². The van der Waals surface area contributed by atoms with Gasteiger partial charge in [0.1, 0.15) is 24.9 Å². The van der Waals surface area contributed by atoms with Crippen LogP contribution < -0.4 is 21.3 Å². The number of nitrogens with one attached hydrogen (secondary N) is 4. The molecule has 4 saturated heterocycles. The molecular formula is C42H62N4O28. The van der Waals surface area contributed by atoms with Crippen LogP contribution in [0.1, 0.15) is 69.2 Å². The number of methoxy groups -OCH3 is 1. The van der Waals surface area contributed by atoms with Gasteiger partial charge in [-0.25, -0.2) is 4.79 Å². The highest BCUT2D eigenvalue weighted by Crippen LogP contribution is 2.19. The second-order valence-corrected chi connectivity index (χ2v) is 15.7. The first-order chi connectivity index (χ1) is 34.2. The van der Waals surface area contributed by atoms with E-state index in [9.17, 15) is 67.1 Å². The third-order valence-corrected chi connectivity index (χ3v) is 9.39. The van der Waals surface area contributed by atoms with E-state index in [2.05, 4.69) is 40.2 Å². The Labute approximate surface area is 420 Å². The summed E-state index contributed by atoms with van der Waals surface area (Å²) in [7, 11) is 1.00. The molecule has 0 aromatic heterocycles. The molecule has 418 valence electrons. The first kappa shape index (κ1) is 66.6. The quantitative estimate of drug-likeness (QED) is 0.0576. The van der Waals surface area contributed by atoms with Crippen molar-refractivity contribution >= 4 is 83.1 Å². The number of esters is 9. The second kappa shape index (κ2) is 31.9. The summed E-state index contributed by atoms with van der Waals surface area (Å²) in [6.07, 6.45) is -12.3. The molecule has 0 bridgehead atoms. The van der Waals surface area contributed by atoms with Crippen LogP contribution in [0.2, 0.25) is 0 Å². The molecule has 4 fully saturated rings. The zero-order valence-electron chi connectivity index (χ0n) is 41.8. The van der Waals surface area contributed by atoms with Gasteiger partial charge in [-0.2, -0.15) is 0 Å². The van der Waals surface area contributed by atoms with Gasteiger partial charge in [0.25, 0.3) is 23.6 Å². The molecule has 0 aliphatic carbocycles. The highest BCUT2D eigenvalue weighted by molar-refractivity contribution is 5.94. The topological polar surface area (TPSA) is 471 Å². The molecule has 9 N–H and O–H groups in total. The molecule has 4 aliphatic heterocycles. The predicted octanol–water partition coefficient (Wildman–Crippen LogP) is -7.14. The van der Waals surface area contributed by atoms with E-state index < -0.39 is 163 Å². The standard InChI is InChI=1S/C12H16O9.C11H15NO7.C9H13NO5.C5H9NO4.C5H9NO3/c1-6(13)19-5-9(16)10(20-7(2)14)11(12(17)18-4)21-8(3)15;1-5(13)17-4-8-9(18-6(2)14)10(11(16)12-8)19-7(3)15;1-4-7(14-5(2)11)8(9(13)10-4)15-6(3)12;7-1-2-3(8)4(9)5(10)6-2;1-2-3(7)4(8)5(9)6-2/h10-11H,5H2,1-4H3;8-10H,4H2,1-3H3,(H,12,16);4,7-8H,1-3H3,(H,10,13);2-4,7-9H,1H2,(H,6,10);2-4,7-8H,1H3,(H,6,9)/t10-,11-;;4?,7-,8-;;2?,3-,4-/m1.1.1/s1. The third kappa shape index (κ3) is 23.0. The fourth-order valence-electron chi connectivity index (χ4n) is 6.11. The molecule has 0 aromatic rings. The van der Waals surface area contributed by atoms with E-state index in [0.717, 1.165) is 41.7 Å². The monoisotopic (exact) mass is 1070 g/mol. The SMILES string of the molecule is CC(=O)OCC1NC(=O)C(OC(C)=O)C1OC(C)=O.CC(=O)O[C@@H]1C(C)NC(=O)[C@@H]1OC(C)=O.CC1NC(=O)[C@H](O)[C@@H]1O.COC(=O)[C@H](OC(C)=O)[C@H](OC(C)=O)C(=O)COC(C)=O.O=C1NC(CO)C(O)C1O. The molecule has 4 heterocycles. The Balaban J connectivity index is 0.000000928. The fourth-order valence-corrected chi connectivity index (χ4v) is 6.11. The minimum Gasteiger partial charge on any atom is -0.466 e. The van der Waals surface area contributed by atoms with E-state index in [1.165, 1.54) is 20.8 Å². The molecule has 14 atom stereocenters. The van der Waals surface area contributed by atoms with Crippen LogP contribution in [0, 0.1) is 0 Å². The van der Waals surface area contributed by atoms with Crippen molar-refractivity contribution in [3.05, 3.63) is 0 Å². The van der Waals surface area contributed by atoms with Crippen LogP contribution in [0.4, 0.5) is 0 Å². The van der Waals surface area contributed by atoms with Crippen molar-refractivity contribution in [2.45, 2.75) is 154 Å². The Morgan fingerprint density at radius 3 is 1.24 bits per heavy atom. The maximum atomic E-state index is 11.9. The number of rotatable bonds is 14. The maximum Gasteiger partial charge on any atom is 0.351 e. The zero-order valence-corrected chi connectivity index (χ0v) is 41.8. The summed E-state index contributed by atoms with van der Waals surface area (Å²) in [6, 6.07) is -2.15. The smallest absolute Gasteiger partial charge is 0.351 e.